The molecule has 17 unspecified atom stereocenters. The molecule has 19 nitrogen and oxygen atoms in total. The van der Waals surface area contributed by atoms with Gasteiger partial charge in [-0.1, -0.05) is 190 Å². The van der Waals surface area contributed by atoms with Gasteiger partial charge in [-0.3, -0.25) is 4.79 Å². The Morgan fingerprint density at radius 1 is 0.457 bits per heavy atom. The first-order valence-electron chi connectivity index (χ1n) is 31.0. The van der Waals surface area contributed by atoms with Crippen molar-refractivity contribution in [2.45, 2.75) is 298 Å². The van der Waals surface area contributed by atoms with Crippen LogP contribution >= 0.6 is 0 Å². The van der Waals surface area contributed by atoms with E-state index in [0.29, 0.717) is 12.8 Å². The molecule has 470 valence electrons. The Kier molecular flexibility index (Phi) is 40.3. The maximum absolute atomic E-state index is 13.3. The Bertz CT molecular complexity index is 1710. The molecule has 0 radical (unpaired) electrons. The average molecular weight is 1160 g/mol. The maximum Gasteiger partial charge on any atom is 0.220 e. The third-order valence-electron chi connectivity index (χ3n) is 15.4. The van der Waals surface area contributed by atoms with Crippen LogP contribution in [0, 0.1) is 0 Å². The van der Waals surface area contributed by atoms with Gasteiger partial charge in [-0.25, -0.2) is 0 Å². The predicted octanol–water partition coefficient (Wildman–Crippen LogP) is 6.04. The Morgan fingerprint density at radius 2 is 0.852 bits per heavy atom. The van der Waals surface area contributed by atoms with Gasteiger partial charge in [-0.2, -0.15) is 0 Å². The van der Waals surface area contributed by atoms with Crippen molar-refractivity contribution >= 4 is 5.91 Å². The summed E-state index contributed by atoms with van der Waals surface area (Å²) in [4.78, 5) is 13.3. The van der Waals surface area contributed by atoms with Crippen molar-refractivity contribution in [2.24, 2.45) is 0 Å². The number of unbranched alkanes of at least 4 members (excludes halogenated alkanes) is 19. The van der Waals surface area contributed by atoms with Crippen LogP contribution in [0.5, 0.6) is 0 Å². The first-order valence-corrected chi connectivity index (χ1v) is 31.0. The molecule has 0 spiro atoms. The van der Waals surface area contributed by atoms with Crippen LogP contribution in [-0.4, -0.2) is 193 Å². The number of rotatable bonds is 45. The minimum atomic E-state index is -1.97. The molecular formula is C62H109NO18. The SMILES string of the molecule is CC/C=C\C/C=C\C/C=C\C/C=C\C/C=C\CCCCCCCCCCCC(=O)NC(COC1OC(CO)C(OC2OC(CO)C(OC3OC(CO)C(O)C(O)C3O)C(O)C2O)C(O)C1O)C(O)CCCCCCCCCCCCC. The molecule has 3 saturated heterocycles. The first kappa shape index (κ1) is 72.7. The number of hydrogen-bond acceptors (Lipinski definition) is 18. The minimum absolute atomic E-state index is 0.254. The lowest BCUT2D eigenvalue weighted by Crippen LogP contribution is -2.66. The summed E-state index contributed by atoms with van der Waals surface area (Å²) in [5.41, 5.74) is 0. The van der Waals surface area contributed by atoms with E-state index in [9.17, 15) is 61.0 Å². The summed E-state index contributed by atoms with van der Waals surface area (Å²) in [6.07, 6.45) is 24.5. The van der Waals surface area contributed by atoms with Crippen LogP contribution in [-0.2, 0) is 33.2 Å². The number of ether oxygens (including phenoxy) is 6. The fourth-order valence-corrected chi connectivity index (χ4v) is 10.3. The Hall–Kier alpha value is -2.51. The summed E-state index contributed by atoms with van der Waals surface area (Å²) in [7, 11) is 0. The highest BCUT2D eigenvalue weighted by Crippen LogP contribution is 2.33. The van der Waals surface area contributed by atoms with Crippen molar-refractivity contribution in [1.29, 1.82) is 0 Å². The van der Waals surface area contributed by atoms with E-state index in [1.807, 2.05) is 0 Å². The average Bonchev–Trinajstić information content (AvgIpc) is 3.51. The zero-order chi connectivity index (χ0) is 59.0. The Morgan fingerprint density at radius 3 is 1.33 bits per heavy atom. The normalized spacial score (nSPS) is 30.2. The molecular weight excluding hydrogens is 1050 g/mol. The van der Waals surface area contributed by atoms with E-state index in [2.05, 4.69) is 79.9 Å². The van der Waals surface area contributed by atoms with Gasteiger partial charge >= 0.3 is 0 Å². The summed E-state index contributed by atoms with van der Waals surface area (Å²) >= 11 is 0. The number of aliphatic hydroxyl groups excluding tert-OH is 11. The number of carbonyl (C=O) groups excluding carboxylic acids is 1. The van der Waals surface area contributed by atoms with Gasteiger partial charge in [0.2, 0.25) is 5.91 Å². The van der Waals surface area contributed by atoms with Crippen molar-refractivity contribution < 1.29 is 89.4 Å². The molecule has 0 aliphatic carbocycles. The van der Waals surface area contributed by atoms with E-state index >= 15 is 0 Å². The second-order valence-electron chi connectivity index (χ2n) is 22.1. The summed E-state index contributed by atoms with van der Waals surface area (Å²) in [6.45, 7) is 1.64. The Labute approximate surface area is 484 Å². The monoisotopic (exact) mass is 1160 g/mol. The number of carbonyl (C=O) groups is 1. The van der Waals surface area contributed by atoms with E-state index < -0.39 is 124 Å². The molecule has 81 heavy (non-hydrogen) atoms. The molecule has 3 aliphatic heterocycles. The number of nitrogens with one attached hydrogen (secondary N) is 1. The van der Waals surface area contributed by atoms with Crippen molar-refractivity contribution in [1.82, 2.24) is 5.32 Å². The molecule has 3 fully saturated rings. The van der Waals surface area contributed by atoms with E-state index in [1.165, 1.54) is 70.6 Å². The molecule has 3 rings (SSSR count). The van der Waals surface area contributed by atoms with Gasteiger partial charge in [-0.05, 0) is 57.8 Å². The highest BCUT2D eigenvalue weighted by atomic mass is 16.8. The molecule has 12 N–H and O–H groups in total. The van der Waals surface area contributed by atoms with Gasteiger partial charge in [0.05, 0.1) is 38.6 Å². The summed E-state index contributed by atoms with van der Waals surface area (Å²) < 4.78 is 34.3. The lowest BCUT2D eigenvalue weighted by molar-refractivity contribution is -0.379. The number of aliphatic hydroxyl groups is 11. The van der Waals surface area contributed by atoms with Crippen molar-refractivity contribution in [3.63, 3.8) is 0 Å². The second-order valence-corrected chi connectivity index (χ2v) is 22.1. The lowest BCUT2D eigenvalue weighted by atomic mass is 9.96. The van der Waals surface area contributed by atoms with Gasteiger partial charge in [-0.15, -0.1) is 0 Å². The van der Waals surface area contributed by atoms with Gasteiger partial charge in [0.1, 0.15) is 73.2 Å². The van der Waals surface area contributed by atoms with E-state index in [-0.39, 0.29) is 18.9 Å². The molecule has 3 aliphatic rings. The number of allylic oxidation sites excluding steroid dienone is 10. The van der Waals surface area contributed by atoms with Crippen molar-refractivity contribution in [3.05, 3.63) is 60.8 Å². The van der Waals surface area contributed by atoms with Gasteiger partial charge < -0.3 is 89.9 Å². The fraction of sp³-hybridized carbons (Fsp3) is 0.823. The quantitative estimate of drug-likeness (QED) is 0.0244. The third kappa shape index (κ3) is 28.5. The molecule has 0 aromatic carbocycles. The molecule has 17 atom stereocenters. The van der Waals surface area contributed by atoms with Crippen LogP contribution in [0.2, 0.25) is 0 Å². The van der Waals surface area contributed by atoms with E-state index in [4.69, 9.17) is 28.4 Å². The smallest absolute Gasteiger partial charge is 0.220 e. The lowest BCUT2D eigenvalue weighted by Gasteiger charge is -2.48. The van der Waals surface area contributed by atoms with Gasteiger partial charge in [0.25, 0.3) is 0 Å². The van der Waals surface area contributed by atoms with Crippen LogP contribution in [0.25, 0.3) is 0 Å². The van der Waals surface area contributed by atoms with Crippen LogP contribution in [0.1, 0.15) is 194 Å². The van der Waals surface area contributed by atoms with Gasteiger partial charge in [0.15, 0.2) is 18.9 Å². The summed E-state index contributed by atoms with van der Waals surface area (Å²) in [5, 5.41) is 120. The predicted molar refractivity (Wildman–Crippen MR) is 309 cm³/mol. The fourth-order valence-electron chi connectivity index (χ4n) is 10.3. The van der Waals surface area contributed by atoms with Crippen molar-refractivity contribution in [2.75, 3.05) is 26.4 Å². The molecule has 0 saturated carbocycles. The Balaban J connectivity index is 1.44. The molecule has 0 aromatic rings. The van der Waals surface area contributed by atoms with Gasteiger partial charge in [0, 0.05) is 6.42 Å². The molecule has 19 heteroatoms. The van der Waals surface area contributed by atoms with Crippen LogP contribution < -0.4 is 5.32 Å². The molecule has 0 bridgehead atoms. The van der Waals surface area contributed by atoms with Crippen LogP contribution in [0.15, 0.2) is 60.8 Å². The second kappa shape index (κ2) is 44.9. The third-order valence-corrected chi connectivity index (χ3v) is 15.4. The minimum Gasteiger partial charge on any atom is -0.394 e. The highest BCUT2D eigenvalue weighted by molar-refractivity contribution is 5.76. The van der Waals surface area contributed by atoms with E-state index in [1.54, 1.807) is 0 Å². The topological polar surface area (TPSA) is 307 Å². The first-order chi connectivity index (χ1) is 39.3. The van der Waals surface area contributed by atoms with Crippen LogP contribution in [0.4, 0.5) is 0 Å². The summed E-state index contributed by atoms with van der Waals surface area (Å²) in [6, 6.07) is -0.892. The number of amides is 1. The highest BCUT2D eigenvalue weighted by Gasteiger charge is 2.53. The van der Waals surface area contributed by atoms with Crippen molar-refractivity contribution in [3.8, 4) is 0 Å². The number of hydrogen-bond donors (Lipinski definition) is 12. The standard InChI is InChI=1S/C62H109NO18/c1-3-5-7-9-11-13-15-16-17-18-19-20-21-22-23-24-25-26-27-28-30-32-34-36-38-40-50(68)63-45(46(67)39-37-35-33-31-29-14-12-10-8-6-4-2)44-76-60-56(74)53(71)58(48(42-65)78-60)81-62-57(75)54(72)59(49(43-66)79-62)80-61-55(73)52(70)51(69)47(41-64)77-61/h5,7,11,13,16-17,19-20,22-23,45-49,51-62,64-67,69-75H,3-4,6,8-10,12,14-15,18,21,24-44H2,1-2H3,(H,63,68)/b7-5-,13-11-,17-16-,20-19-,23-22-. The maximum atomic E-state index is 13.3. The molecule has 0 aromatic heterocycles. The largest absolute Gasteiger partial charge is 0.394 e. The van der Waals surface area contributed by atoms with Crippen LogP contribution in [0.3, 0.4) is 0 Å². The summed E-state index contributed by atoms with van der Waals surface area (Å²) in [5.74, 6) is -0.254. The zero-order valence-corrected chi connectivity index (χ0v) is 49.0. The van der Waals surface area contributed by atoms with E-state index in [0.717, 1.165) is 89.9 Å². The molecule has 1 amide bonds. The molecule has 3 heterocycles. The zero-order valence-electron chi connectivity index (χ0n) is 49.0.